The predicted molar refractivity (Wildman–Crippen MR) is 129 cm³/mol. The monoisotopic (exact) mass is 444 g/mol. The minimum Gasteiger partial charge on any atom is -0.355 e. The van der Waals surface area contributed by atoms with E-state index in [-0.39, 0.29) is 23.7 Å². The van der Waals surface area contributed by atoms with Crippen LogP contribution in [-0.4, -0.2) is 35.2 Å². The smallest absolute Gasteiger partial charge is 0.230 e. The van der Waals surface area contributed by atoms with Crippen molar-refractivity contribution in [1.82, 2.24) is 10.2 Å². The molecule has 5 rings (SSSR count). The molecule has 5 nitrogen and oxygen atoms in total. The Morgan fingerprint density at radius 3 is 2.52 bits per heavy atom. The van der Waals surface area contributed by atoms with Gasteiger partial charge in [0.15, 0.2) is 5.82 Å². The molecule has 0 radical (unpaired) electrons. The van der Waals surface area contributed by atoms with Crippen molar-refractivity contribution in [2.45, 2.75) is 45.6 Å². The Hall–Kier alpha value is -3.28. The van der Waals surface area contributed by atoms with Crippen LogP contribution in [0, 0.1) is 18.7 Å². The highest BCUT2D eigenvalue weighted by Crippen LogP contribution is 2.34. The van der Waals surface area contributed by atoms with Gasteiger partial charge < -0.3 is 9.80 Å². The van der Waals surface area contributed by atoms with Gasteiger partial charge in [0.2, 0.25) is 5.91 Å². The highest BCUT2D eigenvalue weighted by atomic mass is 19.1. The Bertz CT molecular complexity index is 1160. The third-order valence-electron chi connectivity index (χ3n) is 7.05. The lowest BCUT2D eigenvalue weighted by molar-refractivity contribution is -0.123. The molecular formula is C27H29FN4O. The topological polar surface area (TPSA) is 49.3 Å². The summed E-state index contributed by atoms with van der Waals surface area (Å²) < 4.78 is 13.7. The normalized spacial score (nSPS) is 18.8. The Morgan fingerprint density at radius 1 is 1.00 bits per heavy atom. The number of anilines is 2. The molecule has 170 valence electrons. The van der Waals surface area contributed by atoms with Crippen molar-refractivity contribution in [3.05, 3.63) is 71.5 Å². The molecule has 0 bridgehead atoms. The van der Waals surface area contributed by atoms with Crippen LogP contribution < -0.4 is 9.80 Å². The standard InChI is InChI=1S/C27H29FN4O/c1-18-5-3-4-6-23(18)24-10-12-26(30-29-24)31-15-13-20(14-16-31)27(33)32-19(2)7-8-21-17-22(28)9-11-25(21)32/h3-6,9-12,17,19-20H,7-8,13-16H2,1-2H3/t19-/m0/s1. The zero-order chi connectivity index (χ0) is 22.9. The first kappa shape index (κ1) is 21.6. The van der Waals surface area contributed by atoms with E-state index < -0.39 is 0 Å². The van der Waals surface area contributed by atoms with E-state index in [2.05, 4.69) is 41.1 Å². The van der Waals surface area contributed by atoms with Crippen molar-refractivity contribution < 1.29 is 9.18 Å². The van der Waals surface area contributed by atoms with Crippen molar-refractivity contribution in [3.63, 3.8) is 0 Å². The lowest BCUT2D eigenvalue weighted by atomic mass is 9.90. The zero-order valence-corrected chi connectivity index (χ0v) is 19.2. The number of fused-ring (bicyclic) bond motifs is 1. The molecule has 3 heterocycles. The number of aryl methyl sites for hydroxylation is 2. The van der Waals surface area contributed by atoms with Gasteiger partial charge in [-0.2, -0.15) is 0 Å². The first-order valence-corrected chi connectivity index (χ1v) is 11.8. The van der Waals surface area contributed by atoms with Gasteiger partial charge in [0.05, 0.1) is 5.69 Å². The average molecular weight is 445 g/mol. The Labute approximate surface area is 194 Å². The summed E-state index contributed by atoms with van der Waals surface area (Å²) in [7, 11) is 0. The molecule has 1 amide bonds. The number of carbonyl (C=O) groups is 1. The van der Waals surface area contributed by atoms with E-state index in [1.165, 1.54) is 11.6 Å². The van der Waals surface area contributed by atoms with E-state index >= 15 is 0 Å². The molecule has 2 aliphatic heterocycles. The van der Waals surface area contributed by atoms with E-state index in [0.717, 1.165) is 67.1 Å². The van der Waals surface area contributed by atoms with E-state index in [1.54, 1.807) is 12.1 Å². The Balaban J connectivity index is 1.26. The van der Waals surface area contributed by atoms with Crippen LogP contribution in [-0.2, 0) is 11.2 Å². The first-order chi connectivity index (χ1) is 16.0. The lowest BCUT2D eigenvalue weighted by Gasteiger charge is -2.39. The fraction of sp³-hybridized carbons (Fsp3) is 0.370. The highest BCUT2D eigenvalue weighted by molar-refractivity contribution is 5.97. The van der Waals surface area contributed by atoms with Gasteiger partial charge in [-0.1, -0.05) is 24.3 Å². The van der Waals surface area contributed by atoms with Crippen molar-refractivity contribution in [3.8, 4) is 11.3 Å². The number of piperidine rings is 1. The van der Waals surface area contributed by atoms with E-state index in [4.69, 9.17) is 0 Å². The van der Waals surface area contributed by atoms with Gasteiger partial charge in [-0.15, -0.1) is 10.2 Å². The van der Waals surface area contributed by atoms with E-state index in [0.29, 0.717) is 0 Å². The number of nitrogens with zero attached hydrogens (tertiary/aromatic N) is 4. The molecule has 6 heteroatoms. The van der Waals surface area contributed by atoms with Crippen LogP contribution in [0.3, 0.4) is 0 Å². The lowest BCUT2D eigenvalue weighted by Crippen LogP contribution is -2.48. The zero-order valence-electron chi connectivity index (χ0n) is 19.2. The summed E-state index contributed by atoms with van der Waals surface area (Å²) in [5, 5.41) is 8.93. The van der Waals surface area contributed by atoms with E-state index in [9.17, 15) is 9.18 Å². The number of carbonyl (C=O) groups excluding carboxylic acids is 1. The Morgan fingerprint density at radius 2 is 1.79 bits per heavy atom. The van der Waals surface area contributed by atoms with Crippen LogP contribution in [0.1, 0.15) is 37.3 Å². The van der Waals surface area contributed by atoms with Gasteiger partial charge in [0.25, 0.3) is 0 Å². The number of hydrogen-bond donors (Lipinski definition) is 0. The second-order valence-electron chi connectivity index (χ2n) is 9.22. The maximum absolute atomic E-state index is 13.7. The number of aromatic nitrogens is 2. The van der Waals surface area contributed by atoms with Crippen LogP contribution in [0.2, 0.25) is 0 Å². The molecule has 0 unspecified atom stereocenters. The molecule has 3 aromatic rings. The molecule has 1 atom stereocenters. The molecule has 1 fully saturated rings. The Kier molecular flexibility index (Phi) is 5.83. The maximum atomic E-state index is 13.7. The number of benzene rings is 2. The molecule has 2 aliphatic rings. The fourth-order valence-corrected chi connectivity index (χ4v) is 5.11. The summed E-state index contributed by atoms with van der Waals surface area (Å²) >= 11 is 0. The van der Waals surface area contributed by atoms with Gasteiger partial charge in [0, 0.05) is 36.3 Å². The fourth-order valence-electron chi connectivity index (χ4n) is 5.11. The highest BCUT2D eigenvalue weighted by Gasteiger charge is 2.34. The van der Waals surface area contributed by atoms with Crippen LogP contribution in [0.25, 0.3) is 11.3 Å². The number of hydrogen-bond acceptors (Lipinski definition) is 4. The van der Waals surface area contributed by atoms with Crippen molar-refractivity contribution in [2.75, 3.05) is 22.9 Å². The number of rotatable bonds is 3. The molecule has 1 aromatic heterocycles. The third kappa shape index (κ3) is 4.22. The van der Waals surface area contributed by atoms with Crippen molar-refractivity contribution in [2.24, 2.45) is 5.92 Å². The quantitative estimate of drug-likeness (QED) is 0.559. The molecule has 33 heavy (non-hydrogen) atoms. The summed E-state index contributed by atoms with van der Waals surface area (Å²) in [5.74, 6) is 0.749. The van der Waals surface area contributed by atoms with Gasteiger partial charge in [-0.3, -0.25) is 4.79 Å². The van der Waals surface area contributed by atoms with Gasteiger partial charge in [0.1, 0.15) is 5.82 Å². The second kappa shape index (κ2) is 8.93. The minimum atomic E-state index is -0.237. The molecule has 1 saturated heterocycles. The molecule has 0 N–H and O–H groups in total. The summed E-state index contributed by atoms with van der Waals surface area (Å²) in [4.78, 5) is 17.6. The van der Waals surface area contributed by atoms with Crippen LogP contribution in [0.5, 0.6) is 0 Å². The molecule has 0 aliphatic carbocycles. The first-order valence-electron chi connectivity index (χ1n) is 11.8. The van der Waals surface area contributed by atoms with Crippen molar-refractivity contribution in [1.29, 1.82) is 0 Å². The molecule has 2 aromatic carbocycles. The summed E-state index contributed by atoms with van der Waals surface area (Å²) in [5.41, 5.74) is 4.95. The number of amides is 1. The summed E-state index contributed by atoms with van der Waals surface area (Å²) in [6, 6.07) is 17.1. The van der Waals surface area contributed by atoms with Gasteiger partial charge >= 0.3 is 0 Å². The van der Waals surface area contributed by atoms with E-state index in [1.807, 2.05) is 29.2 Å². The van der Waals surface area contributed by atoms with Crippen LogP contribution >= 0.6 is 0 Å². The van der Waals surface area contributed by atoms with Crippen molar-refractivity contribution >= 4 is 17.4 Å². The molecule has 0 saturated carbocycles. The van der Waals surface area contributed by atoms with Gasteiger partial charge in [-0.05, 0) is 81.0 Å². The molecular weight excluding hydrogens is 415 g/mol. The predicted octanol–water partition coefficient (Wildman–Crippen LogP) is 5.18. The summed E-state index contributed by atoms with van der Waals surface area (Å²) in [6.45, 7) is 5.70. The minimum absolute atomic E-state index is 0.0288. The number of halogens is 1. The SMILES string of the molecule is Cc1ccccc1-c1ccc(N2CCC(C(=O)N3c4ccc(F)cc4CC[C@@H]3C)CC2)nn1. The largest absolute Gasteiger partial charge is 0.355 e. The maximum Gasteiger partial charge on any atom is 0.230 e. The average Bonchev–Trinajstić information content (AvgIpc) is 2.84. The van der Waals surface area contributed by atoms with Crippen LogP contribution in [0.15, 0.2) is 54.6 Å². The summed E-state index contributed by atoms with van der Waals surface area (Å²) in [6.07, 6.45) is 3.23. The third-order valence-corrected chi connectivity index (χ3v) is 7.05. The van der Waals surface area contributed by atoms with Crippen LogP contribution in [0.4, 0.5) is 15.9 Å². The molecule has 0 spiro atoms. The van der Waals surface area contributed by atoms with Gasteiger partial charge in [-0.25, -0.2) is 4.39 Å². The second-order valence-corrected chi connectivity index (χ2v) is 9.22.